The fourth-order valence-corrected chi connectivity index (χ4v) is 7.39. The van der Waals surface area contributed by atoms with Crippen LogP contribution in [0.1, 0.15) is 154 Å². The van der Waals surface area contributed by atoms with Crippen molar-refractivity contribution in [1.82, 2.24) is 46.2 Å². The second-order valence-electron chi connectivity index (χ2n) is 15.7. The Morgan fingerprint density at radius 1 is 0.404 bits per heavy atom. The number of carbonyl (C=O) groups is 7. The summed E-state index contributed by atoms with van der Waals surface area (Å²) >= 11 is 0. The normalized spacial score (nSPS) is 16.5. The zero-order chi connectivity index (χ0) is 40.9. The van der Waals surface area contributed by atoms with Crippen LogP contribution in [0.5, 0.6) is 0 Å². The van der Waals surface area contributed by atoms with E-state index in [1.807, 2.05) is 4.90 Å². The van der Waals surface area contributed by atoms with Crippen LogP contribution < -0.4 is 26.6 Å². The van der Waals surface area contributed by atoms with E-state index in [0.29, 0.717) is 65.1 Å². The molecule has 0 aromatic rings. The summed E-state index contributed by atoms with van der Waals surface area (Å²) in [4.78, 5) is 93.8. The molecule has 3 saturated heterocycles. The van der Waals surface area contributed by atoms with Gasteiger partial charge in [-0.25, -0.2) is 28.9 Å². The van der Waals surface area contributed by atoms with Gasteiger partial charge in [-0.1, -0.05) is 64.2 Å². The number of urea groups is 5. The molecular weight excluding hydrogens is 731 g/mol. The van der Waals surface area contributed by atoms with E-state index in [1.165, 1.54) is 27.5 Å². The van der Waals surface area contributed by atoms with Gasteiger partial charge in [-0.05, 0) is 77.0 Å². The number of hydrogen-bond donors (Lipinski definition) is 5. The highest BCUT2D eigenvalue weighted by Gasteiger charge is 2.24. The van der Waals surface area contributed by atoms with Gasteiger partial charge >= 0.3 is 30.2 Å². The zero-order valence-electron chi connectivity index (χ0n) is 34.7. The molecule has 3 aliphatic rings. The molecule has 3 rings (SSSR count). The van der Waals surface area contributed by atoms with Crippen LogP contribution >= 0.6 is 0 Å². The molecule has 5 N–H and O–H groups in total. The highest BCUT2D eigenvalue weighted by Crippen LogP contribution is 2.13. The zero-order valence-corrected chi connectivity index (χ0v) is 34.7. The van der Waals surface area contributed by atoms with Crippen molar-refractivity contribution in [2.75, 3.05) is 65.4 Å². The Labute approximate surface area is 340 Å². The molecule has 57 heavy (non-hydrogen) atoms. The summed E-state index contributed by atoms with van der Waals surface area (Å²) in [5, 5.41) is 14.5. The maximum absolute atomic E-state index is 13.2. The number of imide groups is 3. The van der Waals surface area contributed by atoms with Gasteiger partial charge in [0.15, 0.2) is 0 Å². The van der Waals surface area contributed by atoms with E-state index < -0.39 is 12.1 Å². The molecule has 0 saturated carbocycles. The number of unbranched alkanes of at least 4 members (excludes halogenated alkanes) is 9. The molecule has 3 aliphatic heterocycles. The van der Waals surface area contributed by atoms with Crippen molar-refractivity contribution in [3.05, 3.63) is 0 Å². The fraction of sp³-hybridized carbons (Fsp3) is 0.829. The van der Waals surface area contributed by atoms with E-state index in [1.54, 1.807) is 0 Å². The Hall–Kier alpha value is -4.11. The van der Waals surface area contributed by atoms with Gasteiger partial charge in [-0.3, -0.25) is 19.4 Å². The van der Waals surface area contributed by atoms with Crippen LogP contribution in [0.3, 0.4) is 0 Å². The molecular formula is C41H73N9O7. The van der Waals surface area contributed by atoms with Crippen LogP contribution in [-0.4, -0.2) is 127 Å². The lowest BCUT2D eigenvalue weighted by Gasteiger charge is -2.22. The Balaban J connectivity index is 1.31. The molecule has 0 aliphatic carbocycles. The van der Waals surface area contributed by atoms with Crippen molar-refractivity contribution in [2.45, 2.75) is 154 Å². The maximum atomic E-state index is 13.2. The first-order valence-electron chi connectivity index (χ1n) is 22.3. The van der Waals surface area contributed by atoms with Crippen LogP contribution in [-0.2, 0) is 9.59 Å². The monoisotopic (exact) mass is 804 g/mol. The summed E-state index contributed by atoms with van der Waals surface area (Å²) in [6, 6.07) is -1.48. The first-order valence-corrected chi connectivity index (χ1v) is 22.3. The quantitative estimate of drug-likeness (QED) is 0.0853. The molecule has 0 radical (unpaired) electrons. The molecule has 0 aromatic carbocycles. The number of rotatable bonds is 21. The molecule has 16 nitrogen and oxygen atoms in total. The van der Waals surface area contributed by atoms with E-state index >= 15 is 0 Å². The third-order valence-corrected chi connectivity index (χ3v) is 10.9. The van der Waals surface area contributed by atoms with E-state index in [4.69, 9.17) is 0 Å². The minimum absolute atomic E-state index is 0.0266. The van der Waals surface area contributed by atoms with Crippen LogP contribution in [0.4, 0.5) is 24.0 Å². The van der Waals surface area contributed by atoms with Crippen LogP contribution in [0.2, 0.25) is 0 Å². The Bertz CT molecular complexity index is 1240. The lowest BCUT2D eigenvalue weighted by atomic mass is 10.2. The van der Waals surface area contributed by atoms with Crippen molar-refractivity contribution in [1.29, 1.82) is 0 Å². The Kier molecular flexibility index (Phi) is 24.2. The smallest absolute Gasteiger partial charge is 0.325 e. The molecule has 0 spiro atoms. The van der Waals surface area contributed by atoms with E-state index in [0.717, 1.165) is 135 Å². The van der Waals surface area contributed by atoms with Crippen molar-refractivity contribution in [2.24, 2.45) is 0 Å². The number of carbonyl (C=O) groups excluding carboxylic acids is 7. The van der Waals surface area contributed by atoms with Gasteiger partial charge in [0.25, 0.3) is 0 Å². The van der Waals surface area contributed by atoms with Crippen molar-refractivity contribution in [3.8, 4) is 0 Å². The van der Waals surface area contributed by atoms with Crippen molar-refractivity contribution < 1.29 is 33.6 Å². The lowest BCUT2D eigenvalue weighted by molar-refractivity contribution is -0.128. The Morgan fingerprint density at radius 2 is 0.754 bits per heavy atom. The highest BCUT2D eigenvalue weighted by molar-refractivity contribution is 5.95. The van der Waals surface area contributed by atoms with Gasteiger partial charge in [0, 0.05) is 78.3 Å². The molecule has 324 valence electrons. The van der Waals surface area contributed by atoms with Gasteiger partial charge in [-0.2, -0.15) is 0 Å². The van der Waals surface area contributed by atoms with Crippen LogP contribution in [0.25, 0.3) is 0 Å². The number of amides is 12. The van der Waals surface area contributed by atoms with Crippen molar-refractivity contribution in [3.63, 3.8) is 0 Å². The first-order chi connectivity index (χ1) is 27.8. The van der Waals surface area contributed by atoms with Gasteiger partial charge < -0.3 is 31.5 Å². The standard InChI is InChI=1S/C41H73N9O7/c51-35-23-11-9-21-32-48(35)38(54)43-26-14-3-4-16-29-46-41(57)50(34-20-6-5-17-27-44-39(55)49-33-22-10-12-24-36(49)52)40(56)45-28-15-2-1-13-25-42-37(53)47-30-18-7-8-19-31-47/h1-34H2,(H,42,53)(H,43,54)(H,44,55)(H,45,56)(H,46,57). The highest BCUT2D eigenvalue weighted by atomic mass is 16.2. The molecule has 0 unspecified atom stereocenters. The maximum Gasteiger partial charge on any atom is 0.325 e. The molecule has 16 heteroatoms. The average molecular weight is 804 g/mol. The summed E-state index contributed by atoms with van der Waals surface area (Å²) in [5.41, 5.74) is 0. The SMILES string of the molecule is O=C(NCCCCCCNC(=O)N(CCCCCCNC(=O)N1CCCCCC1=O)C(=O)NCCCCCCNC(=O)N1CCCCCC1=O)N1CCCCCC1. The van der Waals surface area contributed by atoms with Crippen LogP contribution in [0, 0.1) is 0 Å². The predicted octanol–water partition coefficient (Wildman–Crippen LogP) is 6.20. The van der Waals surface area contributed by atoms with E-state index in [-0.39, 0.29) is 36.5 Å². The van der Waals surface area contributed by atoms with Crippen LogP contribution in [0.15, 0.2) is 0 Å². The van der Waals surface area contributed by atoms with Gasteiger partial charge in [0.05, 0.1) is 0 Å². The molecule has 3 heterocycles. The predicted molar refractivity (Wildman–Crippen MR) is 220 cm³/mol. The number of hydrogen-bond acceptors (Lipinski definition) is 7. The van der Waals surface area contributed by atoms with Gasteiger partial charge in [-0.15, -0.1) is 0 Å². The molecule has 0 bridgehead atoms. The van der Waals surface area contributed by atoms with E-state index in [9.17, 15) is 33.6 Å². The number of nitrogens with one attached hydrogen (secondary N) is 5. The first kappa shape index (κ1) is 47.3. The third kappa shape index (κ3) is 19.7. The largest absolute Gasteiger partial charge is 0.338 e. The van der Waals surface area contributed by atoms with Gasteiger partial charge in [0.2, 0.25) is 11.8 Å². The third-order valence-electron chi connectivity index (χ3n) is 10.9. The average Bonchev–Trinajstić information content (AvgIpc) is 3.70. The molecule has 12 amide bonds. The summed E-state index contributed by atoms with van der Waals surface area (Å²) in [6.45, 7) is 5.32. The summed E-state index contributed by atoms with van der Waals surface area (Å²) in [6.07, 6.45) is 20.2. The minimum atomic E-state index is -0.434. The molecule has 0 aromatic heterocycles. The van der Waals surface area contributed by atoms with E-state index in [2.05, 4.69) is 26.6 Å². The topological polar surface area (TPSA) is 193 Å². The fourth-order valence-electron chi connectivity index (χ4n) is 7.39. The number of nitrogens with zero attached hydrogens (tertiary/aromatic N) is 4. The summed E-state index contributed by atoms with van der Waals surface area (Å²) < 4.78 is 0. The second kappa shape index (κ2) is 29.2. The van der Waals surface area contributed by atoms with Gasteiger partial charge in [0.1, 0.15) is 0 Å². The van der Waals surface area contributed by atoms with Crippen molar-refractivity contribution >= 4 is 42.0 Å². The molecule has 3 fully saturated rings. The summed E-state index contributed by atoms with van der Waals surface area (Å²) in [7, 11) is 0. The second-order valence-corrected chi connectivity index (χ2v) is 15.7. The lowest BCUT2D eigenvalue weighted by Crippen LogP contribution is -2.49. The number of likely N-dealkylation sites (tertiary alicyclic amines) is 3. The summed E-state index contributed by atoms with van der Waals surface area (Å²) in [5.74, 6) is -0.224. The molecule has 0 atom stereocenters. The minimum Gasteiger partial charge on any atom is -0.338 e. The Morgan fingerprint density at radius 3 is 1.19 bits per heavy atom.